The molecule has 0 spiro atoms. The first kappa shape index (κ1) is 22.2. The second-order valence-electron chi connectivity index (χ2n) is 8.50. The predicted octanol–water partition coefficient (Wildman–Crippen LogP) is 3.04. The molecule has 1 aliphatic heterocycles. The molecule has 1 fully saturated rings. The summed E-state index contributed by atoms with van der Waals surface area (Å²) in [5.41, 5.74) is 2.11. The molecule has 1 aliphatic rings. The third kappa shape index (κ3) is 7.40. The number of halogens is 1. The normalized spacial score (nSPS) is 15.7. The first-order valence-corrected chi connectivity index (χ1v) is 10.3. The highest BCUT2D eigenvalue weighted by molar-refractivity contribution is 5.89. The van der Waals surface area contributed by atoms with Crippen LogP contribution in [0.15, 0.2) is 48.5 Å². The van der Waals surface area contributed by atoms with Crippen molar-refractivity contribution in [3.63, 3.8) is 0 Å². The van der Waals surface area contributed by atoms with Gasteiger partial charge < -0.3 is 15.7 Å². The van der Waals surface area contributed by atoms with Gasteiger partial charge in [-0.2, -0.15) is 0 Å². The number of aliphatic hydroxyl groups is 1. The summed E-state index contributed by atoms with van der Waals surface area (Å²) in [6.07, 6.45) is 0. The lowest BCUT2D eigenvalue weighted by atomic mass is 10.1. The maximum absolute atomic E-state index is 12.9. The van der Waals surface area contributed by atoms with E-state index in [2.05, 4.69) is 20.4 Å². The maximum atomic E-state index is 12.9. The maximum Gasteiger partial charge on any atom is 0.319 e. The van der Waals surface area contributed by atoms with E-state index in [1.807, 2.05) is 38.1 Å². The minimum Gasteiger partial charge on any atom is -0.389 e. The first-order valence-electron chi connectivity index (χ1n) is 10.3. The Balaban J connectivity index is 1.40. The fourth-order valence-corrected chi connectivity index (χ4v) is 3.56. The van der Waals surface area contributed by atoms with Crippen LogP contribution in [0.25, 0.3) is 0 Å². The summed E-state index contributed by atoms with van der Waals surface area (Å²) in [5, 5.41) is 15.5. The van der Waals surface area contributed by atoms with Gasteiger partial charge in [0.1, 0.15) is 5.82 Å². The van der Waals surface area contributed by atoms with E-state index in [4.69, 9.17) is 0 Å². The van der Waals surface area contributed by atoms with Crippen LogP contribution in [-0.2, 0) is 13.1 Å². The van der Waals surface area contributed by atoms with E-state index in [-0.39, 0.29) is 11.8 Å². The fraction of sp³-hybridized carbons (Fsp3) is 0.435. The highest BCUT2D eigenvalue weighted by Crippen LogP contribution is 2.14. The molecule has 7 heteroatoms. The van der Waals surface area contributed by atoms with Crippen LogP contribution in [-0.4, -0.2) is 59.3 Å². The average molecular weight is 415 g/mol. The second kappa shape index (κ2) is 10.0. The molecule has 3 N–H and O–H groups in total. The van der Waals surface area contributed by atoms with Crippen LogP contribution in [0.5, 0.6) is 0 Å². The predicted molar refractivity (Wildman–Crippen MR) is 117 cm³/mol. The van der Waals surface area contributed by atoms with Gasteiger partial charge in [-0.25, -0.2) is 9.18 Å². The number of benzene rings is 2. The van der Waals surface area contributed by atoms with Crippen molar-refractivity contribution in [3.05, 3.63) is 65.5 Å². The van der Waals surface area contributed by atoms with Gasteiger partial charge >= 0.3 is 6.03 Å². The SMILES string of the molecule is CC(C)(O)CN1CCN(Cc2ccc(NC(=O)NCc3ccc(F)cc3)cc2)CC1. The molecule has 0 unspecified atom stereocenters. The molecule has 0 radical (unpaired) electrons. The molecule has 0 aliphatic carbocycles. The van der Waals surface area contributed by atoms with Crippen LogP contribution in [0.1, 0.15) is 25.0 Å². The number of hydrogen-bond donors (Lipinski definition) is 3. The largest absolute Gasteiger partial charge is 0.389 e. The molecule has 162 valence electrons. The molecule has 2 aromatic rings. The van der Waals surface area contributed by atoms with Crippen LogP contribution < -0.4 is 10.6 Å². The minimum absolute atomic E-state index is 0.292. The van der Waals surface area contributed by atoms with Crippen molar-refractivity contribution in [2.24, 2.45) is 0 Å². The number of urea groups is 1. The van der Waals surface area contributed by atoms with Crippen LogP contribution in [0.3, 0.4) is 0 Å². The van der Waals surface area contributed by atoms with E-state index in [0.29, 0.717) is 13.1 Å². The van der Waals surface area contributed by atoms with E-state index >= 15 is 0 Å². The van der Waals surface area contributed by atoms with Crippen molar-refractivity contribution >= 4 is 11.7 Å². The van der Waals surface area contributed by atoms with Gasteiger partial charge in [0.25, 0.3) is 0 Å². The number of amides is 2. The fourth-order valence-electron chi connectivity index (χ4n) is 3.56. The highest BCUT2D eigenvalue weighted by atomic mass is 19.1. The number of hydrogen-bond acceptors (Lipinski definition) is 4. The Labute approximate surface area is 177 Å². The summed E-state index contributed by atoms with van der Waals surface area (Å²) in [6, 6.07) is 13.6. The third-order valence-corrected chi connectivity index (χ3v) is 5.06. The summed E-state index contributed by atoms with van der Waals surface area (Å²) < 4.78 is 12.9. The van der Waals surface area contributed by atoms with Crippen LogP contribution in [0, 0.1) is 5.82 Å². The lowest BCUT2D eigenvalue weighted by Crippen LogP contribution is -2.50. The number of anilines is 1. The van der Waals surface area contributed by atoms with Crippen molar-refractivity contribution < 1.29 is 14.3 Å². The number of nitrogens with zero attached hydrogens (tertiary/aromatic N) is 2. The standard InChI is InChI=1S/C23H31FN4O2/c1-23(2,30)17-28-13-11-27(12-14-28)16-19-5-9-21(10-6-19)26-22(29)25-15-18-3-7-20(24)8-4-18/h3-10,30H,11-17H2,1-2H3,(H2,25,26,29). The molecule has 1 saturated heterocycles. The van der Waals surface area contributed by atoms with E-state index in [0.717, 1.165) is 44.0 Å². The molecule has 0 saturated carbocycles. The summed E-state index contributed by atoms with van der Waals surface area (Å²) in [7, 11) is 0. The molecule has 6 nitrogen and oxygen atoms in total. The molecular formula is C23H31FN4O2. The highest BCUT2D eigenvalue weighted by Gasteiger charge is 2.22. The Morgan fingerprint density at radius 2 is 1.53 bits per heavy atom. The molecule has 0 atom stereocenters. The Hall–Kier alpha value is -2.48. The molecule has 30 heavy (non-hydrogen) atoms. The molecule has 0 aromatic heterocycles. The second-order valence-corrected chi connectivity index (χ2v) is 8.50. The Morgan fingerprint density at radius 3 is 2.13 bits per heavy atom. The summed E-state index contributed by atoms with van der Waals surface area (Å²) in [4.78, 5) is 16.8. The van der Waals surface area contributed by atoms with Crippen LogP contribution in [0.2, 0.25) is 0 Å². The summed E-state index contributed by atoms with van der Waals surface area (Å²) in [6.45, 7) is 9.46. The lowest BCUT2D eigenvalue weighted by molar-refractivity contribution is 0.0167. The minimum atomic E-state index is -0.656. The van der Waals surface area contributed by atoms with Gasteiger partial charge in [0.2, 0.25) is 0 Å². The lowest BCUT2D eigenvalue weighted by Gasteiger charge is -2.37. The molecule has 0 bridgehead atoms. The van der Waals surface area contributed by atoms with E-state index < -0.39 is 5.60 Å². The summed E-state index contributed by atoms with van der Waals surface area (Å²) in [5.74, 6) is -0.292. The van der Waals surface area contributed by atoms with Gasteiger partial charge in [0.15, 0.2) is 0 Å². The Bertz CT molecular complexity index is 811. The van der Waals surface area contributed by atoms with Crippen molar-refractivity contribution in [3.8, 4) is 0 Å². The first-order chi connectivity index (χ1) is 14.3. The van der Waals surface area contributed by atoms with Crippen molar-refractivity contribution in [1.82, 2.24) is 15.1 Å². The number of carbonyl (C=O) groups is 1. The molecular weight excluding hydrogens is 383 g/mol. The quantitative estimate of drug-likeness (QED) is 0.652. The van der Waals surface area contributed by atoms with E-state index in [1.165, 1.54) is 17.7 Å². The number of nitrogens with one attached hydrogen (secondary N) is 2. The van der Waals surface area contributed by atoms with Crippen LogP contribution in [0.4, 0.5) is 14.9 Å². The third-order valence-electron chi connectivity index (χ3n) is 5.06. The number of β-amino-alcohol motifs (C(OH)–C–C–N with tert-alkyl or cyclic N) is 1. The zero-order valence-electron chi connectivity index (χ0n) is 17.7. The zero-order valence-corrected chi connectivity index (χ0v) is 17.7. The average Bonchev–Trinajstić information content (AvgIpc) is 2.69. The van der Waals surface area contributed by atoms with Gasteiger partial charge in [-0.15, -0.1) is 0 Å². The molecule has 2 amide bonds. The van der Waals surface area contributed by atoms with Crippen LogP contribution >= 0.6 is 0 Å². The van der Waals surface area contributed by atoms with E-state index in [9.17, 15) is 14.3 Å². The van der Waals surface area contributed by atoms with Gasteiger partial charge in [0, 0.05) is 51.5 Å². The van der Waals surface area contributed by atoms with Crippen molar-refractivity contribution in [2.45, 2.75) is 32.5 Å². The smallest absolute Gasteiger partial charge is 0.319 e. The van der Waals surface area contributed by atoms with E-state index in [1.54, 1.807) is 12.1 Å². The molecule has 3 rings (SSSR count). The topological polar surface area (TPSA) is 67.8 Å². The zero-order chi connectivity index (χ0) is 21.6. The molecule has 1 heterocycles. The summed E-state index contributed by atoms with van der Waals surface area (Å²) >= 11 is 0. The number of carbonyl (C=O) groups excluding carboxylic acids is 1. The monoisotopic (exact) mass is 414 g/mol. The number of rotatable bonds is 7. The number of piperazine rings is 1. The van der Waals surface area contributed by atoms with Gasteiger partial charge in [-0.3, -0.25) is 9.80 Å². The molecule has 2 aromatic carbocycles. The van der Waals surface area contributed by atoms with Gasteiger partial charge in [-0.1, -0.05) is 24.3 Å². The van der Waals surface area contributed by atoms with Crippen molar-refractivity contribution in [2.75, 3.05) is 38.0 Å². The Kier molecular flexibility index (Phi) is 7.42. The van der Waals surface area contributed by atoms with Gasteiger partial charge in [0.05, 0.1) is 5.60 Å². The van der Waals surface area contributed by atoms with Gasteiger partial charge in [-0.05, 0) is 49.2 Å². The van der Waals surface area contributed by atoms with Crippen molar-refractivity contribution in [1.29, 1.82) is 0 Å². The Morgan fingerprint density at radius 1 is 0.967 bits per heavy atom.